The van der Waals surface area contributed by atoms with Gasteiger partial charge >= 0.3 is 5.97 Å². The highest BCUT2D eigenvalue weighted by Crippen LogP contribution is 2.36. The third kappa shape index (κ3) is 2.96. The maximum Gasteiger partial charge on any atom is 0.323 e. The van der Waals surface area contributed by atoms with Crippen LogP contribution in [0.4, 0.5) is 5.69 Å². The lowest BCUT2D eigenvalue weighted by molar-refractivity contribution is -0.144. The highest BCUT2D eigenvalue weighted by atomic mass is 16.4. The van der Waals surface area contributed by atoms with Crippen LogP contribution < -0.4 is 10.6 Å². The quantitative estimate of drug-likeness (QED) is 0.866. The number of hydrogen-bond donors (Lipinski definition) is 2. The molecule has 0 radical (unpaired) electrons. The van der Waals surface area contributed by atoms with Crippen molar-refractivity contribution in [1.82, 2.24) is 0 Å². The van der Waals surface area contributed by atoms with Gasteiger partial charge in [0.15, 0.2) is 0 Å². The van der Waals surface area contributed by atoms with Gasteiger partial charge < -0.3 is 15.7 Å². The molecule has 1 aromatic rings. The Morgan fingerprint density at radius 2 is 2.30 bits per heavy atom. The molecule has 1 aliphatic carbocycles. The second kappa shape index (κ2) is 5.83. The third-order valence-corrected chi connectivity index (χ3v) is 4.53. The molecule has 3 N–H and O–H groups in total. The Morgan fingerprint density at radius 1 is 1.55 bits per heavy atom. The first-order valence-electron chi connectivity index (χ1n) is 7.23. The summed E-state index contributed by atoms with van der Waals surface area (Å²) in [7, 11) is 2.04. The smallest absolute Gasteiger partial charge is 0.323 e. The van der Waals surface area contributed by atoms with Crippen LogP contribution in [-0.4, -0.2) is 30.2 Å². The summed E-state index contributed by atoms with van der Waals surface area (Å²) in [6, 6.07) is 8.33. The zero-order chi connectivity index (χ0) is 14.8. The topological polar surface area (TPSA) is 66.6 Å². The summed E-state index contributed by atoms with van der Waals surface area (Å²) in [4.78, 5) is 13.5. The highest BCUT2D eigenvalue weighted by molar-refractivity contribution is 5.79. The lowest BCUT2D eigenvalue weighted by atomic mass is 9.85. The molecule has 1 aromatic carbocycles. The normalized spacial score (nSPS) is 25.6. The molecule has 20 heavy (non-hydrogen) atoms. The van der Waals surface area contributed by atoms with Crippen molar-refractivity contribution in [2.45, 2.75) is 38.1 Å². The summed E-state index contributed by atoms with van der Waals surface area (Å²) in [6.45, 7) is 2.91. The van der Waals surface area contributed by atoms with E-state index in [1.54, 1.807) is 0 Å². The molecule has 2 atom stereocenters. The molecule has 0 saturated heterocycles. The van der Waals surface area contributed by atoms with Crippen LogP contribution in [0.1, 0.15) is 31.2 Å². The SMILES string of the molecule is Cc1cccc(N(C)CCC2CCCC2(N)C(=O)O)c1. The van der Waals surface area contributed by atoms with E-state index in [1.807, 2.05) is 13.1 Å². The van der Waals surface area contributed by atoms with Crippen molar-refractivity contribution in [3.05, 3.63) is 29.8 Å². The molecular weight excluding hydrogens is 252 g/mol. The number of carbonyl (C=O) groups is 1. The van der Waals surface area contributed by atoms with E-state index in [2.05, 4.69) is 30.0 Å². The first-order chi connectivity index (χ1) is 9.43. The van der Waals surface area contributed by atoms with Gasteiger partial charge in [-0.1, -0.05) is 18.6 Å². The monoisotopic (exact) mass is 276 g/mol. The highest BCUT2D eigenvalue weighted by Gasteiger charge is 2.45. The summed E-state index contributed by atoms with van der Waals surface area (Å²) >= 11 is 0. The number of carboxylic acids is 1. The first kappa shape index (κ1) is 14.9. The molecule has 2 unspecified atom stereocenters. The molecule has 1 aliphatic rings. The molecule has 0 spiro atoms. The van der Waals surface area contributed by atoms with Gasteiger partial charge in [0.25, 0.3) is 0 Å². The Hall–Kier alpha value is -1.55. The van der Waals surface area contributed by atoms with E-state index in [0.29, 0.717) is 6.42 Å². The second-order valence-electron chi connectivity index (χ2n) is 5.98. The average molecular weight is 276 g/mol. The molecule has 110 valence electrons. The zero-order valence-electron chi connectivity index (χ0n) is 12.3. The van der Waals surface area contributed by atoms with Crippen LogP contribution in [-0.2, 0) is 4.79 Å². The summed E-state index contributed by atoms with van der Waals surface area (Å²) < 4.78 is 0. The van der Waals surface area contributed by atoms with E-state index in [0.717, 1.165) is 25.8 Å². The lowest BCUT2D eigenvalue weighted by Crippen LogP contribution is -2.51. The molecule has 0 aliphatic heterocycles. The van der Waals surface area contributed by atoms with Gasteiger partial charge in [0.1, 0.15) is 5.54 Å². The minimum absolute atomic E-state index is 0.0762. The predicted molar refractivity (Wildman–Crippen MR) is 81.0 cm³/mol. The number of benzene rings is 1. The maximum atomic E-state index is 11.4. The molecule has 0 aromatic heterocycles. The number of carboxylic acid groups (broad SMARTS) is 1. The molecular formula is C16H24N2O2. The summed E-state index contributed by atoms with van der Waals surface area (Å²) in [5.74, 6) is -0.773. The molecule has 0 amide bonds. The Labute approximate surface area is 120 Å². The van der Waals surface area contributed by atoms with Crippen molar-refractivity contribution < 1.29 is 9.90 Å². The van der Waals surface area contributed by atoms with Crippen molar-refractivity contribution in [3.8, 4) is 0 Å². The number of nitrogens with two attached hydrogens (primary N) is 1. The molecule has 0 heterocycles. The van der Waals surface area contributed by atoms with Crippen LogP contribution >= 0.6 is 0 Å². The van der Waals surface area contributed by atoms with Gasteiger partial charge in [0.2, 0.25) is 0 Å². The standard InChI is InChI=1S/C16H24N2O2/c1-12-5-3-7-14(11-12)18(2)10-8-13-6-4-9-16(13,17)15(19)20/h3,5,7,11,13H,4,6,8-10,17H2,1-2H3,(H,19,20). The van der Waals surface area contributed by atoms with Crippen LogP contribution in [0.3, 0.4) is 0 Å². The summed E-state index contributed by atoms with van der Waals surface area (Å²) in [6.07, 6.45) is 3.26. The van der Waals surface area contributed by atoms with Crippen LogP contribution in [0.5, 0.6) is 0 Å². The summed E-state index contributed by atoms with van der Waals surface area (Å²) in [5, 5.41) is 9.32. The Kier molecular flexibility index (Phi) is 4.33. The molecule has 4 nitrogen and oxygen atoms in total. The summed E-state index contributed by atoms with van der Waals surface area (Å²) in [5.41, 5.74) is 7.45. The third-order valence-electron chi connectivity index (χ3n) is 4.53. The van der Waals surface area contributed by atoms with E-state index in [-0.39, 0.29) is 5.92 Å². The van der Waals surface area contributed by atoms with Crippen molar-refractivity contribution in [1.29, 1.82) is 0 Å². The predicted octanol–water partition coefficient (Wildman–Crippen LogP) is 2.40. The van der Waals surface area contributed by atoms with Crippen molar-refractivity contribution in [2.24, 2.45) is 11.7 Å². The van der Waals surface area contributed by atoms with E-state index < -0.39 is 11.5 Å². The number of nitrogens with zero attached hydrogens (tertiary/aromatic N) is 1. The Morgan fingerprint density at radius 3 is 2.95 bits per heavy atom. The maximum absolute atomic E-state index is 11.4. The van der Waals surface area contributed by atoms with E-state index in [9.17, 15) is 9.90 Å². The van der Waals surface area contributed by atoms with Crippen LogP contribution in [0.15, 0.2) is 24.3 Å². The van der Waals surface area contributed by atoms with Gasteiger partial charge in [-0.2, -0.15) is 0 Å². The second-order valence-corrected chi connectivity index (χ2v) is 5.98. The van der Waals surface area contributed by atoms with Crippen molar-refractivity contribution in [3.63, 3.8) is 0 Å². The van der Waals surface area contributed by atoms with E-state index in [1.165, 1.54) is 11.3 Å². The largest absolute Gasteiger partial charge is 0.480 e. The first-order valence-corrected chi connectivity index (χ1v) is 7.23. The molecule has 2 rings (SSSR count). The average Bonchev–Trinajstić information content (AvgIpc) is 2.79. The van der Waals surface area contributed by atoms with E-state index >= 15 is 0 Å². The fraction of sp³-hybridized carbons (Fsp3) is 0.562. The van der Waals surface area contributed by atoms with Gasteiger partial charge in [-0.25, -0.2) is 0 Å². The van der Waals surface area contributed by atoms with Crippen molar-refractivity contribution in [2.75, 3.05) is 18.5 Å². The van der Waals surface area contributed by atoms with Crippen LogP contribution in [0.2, 0.25) is 0 Å². The van der Waals surface area contributed by atoms with Gasteiger partial charge in [-0.15, -0.1) is 0 Å². The molecule has 0 bridgehead atoms. The number of anilines is 1. The Bertz CT molecular complexity index is 489. The number of hydrogen-bond acceptors (Lipinski definition) is 3. The van der Waals surface area contributed by atoms with E-state index in [4.69, 9.17) is 5.73 Å². The minimum atomic E-state index is -1.02. The lowest BCUT2D eigenvalue weighted by Gasteiger charge is -2.29. The van der Waals surface area contributed by atoms with Gasteiger partial charge in [0, 0.05) is 19.3 Å². The van der Waals surface area contributed by atoms with Crippen molar-refractivity contribution >= 4 is 11.7 Å². The fourth-order valence-corrected chi connectivity index (χ4v) is 3.13. The zero-order valence-corrected chi connectivity index (χ0v) is 12.3. The van der Waals surface area contributed by atoms with Crippen LogP contribution in [0, 0.1) is 12.8 Å². The number of rotatable bonds is 5. The molecule has 1 fully saturated rings. The molecule has 4 heteroatoms. The minimum Gasteiger partial charge on any atom is -0.480 e. The Balaban J connectivity index is 1.96. The molecule has 1 saturated carbocycles. The van der Waals surface area contributed by atoms with Crippen LogP contribution in [0.25, 0.3) is 0 Å². The number of aliphatic carboxylic acids is 1. The fourth-order valence-electron chi connectivity index (χ4n) is 3.13. The number of aryl methyl sites for hydroxylation is 1. The van der Waals surface area contributed by atoms with Gasteiger partial charge in [-0.05, 0) is 49.8 Å². The van der Waals surface area contributed by atoms with Gasteiger partial charge in [-0.3, -0.25) is 4.79 Å². The van der Waals surface area contributed by atoms with Gasteiger partial charge in [0.05, 0.1) is 0 Å².